The van der Waals surface area contributed by atoms with Crippen molar-refractivity contribution in [2.45, 2.75) is 23.6 Å². The van der Waals surface area contributed by atoms with Gasteiger partial charge in [-0.3, -0.25) is 8.42 Å². The fourth-order valence-corrected chi connectivity index (χ4v) is 2.02. The quantitative estimate of drug-likeness (QED) is 0.596. The van der Waals surface area contributed by atoms with Crippen molar-refractivity contribution in [3.63, 3.8) is 0 Å². The third-order valence-corrected chi connectivity index (χ3v) is 3.74. The molecule has 0 amide bonds. The van der Waals surface area contributed by atoms with Gasteiger partial charge in [-0.05, 0) is 60.3 Å². The molecular formula is C14H14O4S2Zn. The van der Waals surface area contributed by atoms with Gasteiger partial charge in [0.2, 0.25) is 0 Å². The molecule has 0 N–H and O–H groups in total. The van der Waals surface area contributed by atoms with Crippen molar-refractivity contribution in [2.24, 2.45) is 0 Å². The first-order valence-corrected chi connectivity index (χ1v) is 7.87. The van der Waals surface area contributed by atoms with E-state index in [2.05, 4.69) is 0 Å². The third kappa shape index (κ3) is 7.74. The van der Waals surface area contributed by atoms with Crippen LogP contribution in [0.2, 0.25) is 0 Å². The Morgan fingerprint density at radius 2 is 0.905 bits per heavy atom. The van der Waals surface area contributed by atoms with E-state index in [1.165, 1.54) is 0 Å². The molecule has 0 spiro atoms. The van der Waals surface area contributed by atoms with Crippen LogP contribution >= 0.6 is 0 Å². The van der Waals surface area contributed by atoms with Gasteiger partial charge in [-0.15, -0.1) is 0 Å². The molecular weight excluding hydrogens is 362 g/mol. The van der Waals surface area contributed by atoms with Crippen LogP contribution in [0, 0.1) is 13.8 Å². The summed E-state index contributed by atoms with van der Waals surface area (Å²) < 4.78 is 41.2. The minimum atomic E-state index is -2.09. The van der Waals surface area contributed by atoms with Crippen LogP contribution in [0.3, 0.4) is 0 Å². The van der Waals surface area contributed by atoms with Gasteiger partial charge in [0, 0.05) is 9.79 Å². The second kappa shape index (κ2) is 10.1. The fraction of sp³-hybridized carbons (Fsp3) is 0.143. The van der Waals surface area contributed by atoms with Gasteiger partial charge in [0.1, 0.15) is 0 Å². The van der Waals surface area contributed by atoms with Gasteiger partial charge in [-0.1, -0.05) is 35.4 Å². The molecule has 0 saturated heterocycles. The van der Waals surface area contributed by atoms with Gasteiger partial charge in [-0.25, -0.2) is 0 Å². The Morgan fingerprint density at radius 1 is 0.667 bits per heavy atom. The smallest absolute Gasteiger partial charge is 0.768 e. The first-order valence-electron chi connectivity index (χ1n) is 5.72. The molecule has 21 heavy (non-hydrogen) atoms. The molecule has 0 fully saturated rings. The van der Waals surface area contributed by atoms with Crippen molar-refractivity contribution in [3.8, 4) is 0 Å². The average molecular weight is 376 g/mol. The molecule has 0 heterocycles. The zero-order chi connectivity index (χ0) is 15.1. The van der Waals surface area contributed by atoms with E-state index in [4.69, 9.17) is 0 Å². The summed E-state index contributed by atoms with van der Waals surface area (Å²) in [6, 6.07) is 13.4. The molecule has 2 aromatic rings. The Morgan fingerprint density at radius 3 is 1.10 bits per heavy atom. The van der Waals surface area contributed by atoms with Crippen LogP contribution in [0.25, 0.3) is 0 Å². The van der Waals surface area contributed by atoms with Crippen LogP contribution in [-0.4, -0.2) is 17.5 Å². The summed E-state index contributed by atoms with van der Waals surface area (Å²) in [6.07, 6.45) is 0. The molecule has 2 aromatic carbocycles. The van der Waals surface area contributed by atoms with Crippen LogP contribution in [0.15, 0.2) is 58.3 Å². The van der Waals surface area contributed by atoms with Crippen LogP contribution in [0.5, 0.6) is 0 Å². The van der Waals surface area contributed by atoms with E-state index in [0.29, 0.717) is 9.79 Å². The molecule has 7 heteroatoms. The standard InChI is InChI=1S/2C7H8O2S.Zn/c2*1-6-2-4-7(5-3-6)10(8)9;/h2*2-5H,1H3,(H,8,9);/q;;+2/p-2. The molecule has 0 radical (unpaired) electrons. The molecule has 0 bridgehead atoms. The average Bonchev–Trinajstić information content (AvgIpc) is 2.40. The number of aryl methyl sites for hydroxylation is 2. The van der Waals surface area contributed by atoms with Gasteiger partial charge in [-0.2, -0.15) is 0 Å². The first kappa shape index (κ1) is 20.3. The molecule has 2 atom stereocenters. The van der Waals surface area contributed by atoms with Crippen LogP contribution in [-0.2, 0) is 41.6 Å². The Bertz CT molecular complexity index is 542. The van der Waals surface area contributed by atoms with Crippen molar-refractivity contribution in [3.05, 3.63) is 59.7 Å². The van der Waals surface area contributed by atoms with Crippen molar-refractivity contribution in [2.75, 3.05) is 0 Å². The van der Waals surface area contributed by atoms with Crippen molar-refractivity contribution < 1.29 is 37.0 Å². The van der Waals surface area contributed by atoms with Gasteiger partial charge in [0.15, 0.2) is 0 Å². The second-order valence-electron chi connectivity index (χ2n) is 4.10. The Hall–Kier alpha value is -0.717. The molecule has 0 saturated carbocycles. The van der Waals surface area contributed by atoms with E-state index in [-0.39, 0.29) is 19.5 Å². The monoisotopic (exact) mass is 374 g/mol. The maximum absolute atomic E-state index is 10.3. The summed E-state index contributed by atoms with van der Waals surface area (Å²) in [6.45, 7) is 3.83. The van der Waals surface area contributed by atoms with Gasteiger partial charge in [0.25, 0.3) is 0 Å². The van der Waals surface area contributed by atoms with Crippen LogP contribution < -0.4 is 0 Å². The van der Waals surface area contributed by atoms with E-state index >= 15 is 0 Å². The molecule has 2 rings (SSSR count). The minimum absolute atomic E-state index is 0. The predicted molar refractivity (Wildman–Crippen MR) is 76.7 cm³/mol. The molecule has 108 valence electrons. The number of rotatable bonds is 2. The summed E-state index contributed by atoms with van der Waals surface area (Å²) in [4.78, 5) is 0.677. The van der Waals surface area contributed by atoms with Crippen molar-refractivity contribution in [1.82, 2.24) is 0 Å². The minimum Gasteiger partial charge on any atom is -0.768 e. The van der Waals surface area contributed by atoms with Crippen molar-refractivity contribution in [1.29, 1.82) is 0 Å². The summed E-state index contributed by atoms with van der Waals surface area (Å²) in [7, 11) is 0. The summed E-state index contributed by atoms with van der Waals surface area (Å²) >= 11 is -4.17. The summed E-state index contributed by atoms with van der Waals surface area (Å²) in [5.74, 6) is 0. The maximum atomic E-state index is 10.3. The Balaban J connectivity index is 0.000000364. The molecule has 4 nitrogen and oxygen atoms in total. The number of hydrogen-bond acceptors (Lipinski definition) is 4. The Labute approximate surface area is 142 Å². The summed E-state index contributed by atoms with van der Waals surface area (Å²) in [5, 5.41) is 0. The third-order valence-electron chi connectivity index (χ3n) is 2.43. The van der Waals surface area contributed by atoms with Crippen LogP contribution in [0.4, 0.5) is 0 Å². The second-order valence-corrected chi connectivity index (χ2v) is 5.98. The first-order chi connectivity index (χ1) is 9.40. The largest absolute Gasteiger partial charge is 2.00 e. The molecule has 2 unspecified atom stereocenters. The molecule has 0 aromatic heterocycles. The van der Waals surface area contributed by atoms with E-state index in [1.54, 1.807) is 48.5 Å². The Kier molecular flexibility index (Phi) is 9.74. The fourth-order valence-electron chi connectivity index (χ4n) is 1.30. The van der Waals surface area contributed by atoms with Gasteiger partial charge >= 0.3 is 19.5 Å². The normalized spacial score (nSPS) is 12.4. The van der Waals surface area contributed by atoms with Gasteiger partial charge < -0.3 is 9.11 Å². The maximum Gasteiger partial charge on any atom is 2.00 e. The van der Waals surface area contributed by atoms with E-state index in [0.717, 1.165) is 11.1 Å². The molecule has 0 aliphatic rings. The SMILES string of the molecule is Cc1ccc(S(=O)[O-])cc1.Cc1ccc(S(=O)[O-])cc1.[Zn+2]. The van der Waals surface area contributed by atoms with E-state index < -0.39 is 22.2 Å². The predicted octanol–water partition coefficient (Wildman–Crippen LogP) is 2.46. The van der Waals surface area contributed by atoms with Gasteiger partial charge in [0.05, 0.1) is 0 Å². The van der Waals surface area contributed by atoms with E-state index in [9.17, 15) is 17.5 Å². The number of hydrogen-bond donors (Lipinski definition) is 0. The topological polar surface area (TPSA) is 80.3 Å². The molecule has 0 aliphatic carbocycles. The zero-order valence-corrected chi connectivity index (χ0v) is 16.4. The summed E-state index contributed by atoms with van der Waals surface area (Å²) in [5.41, 5.74) is 2.13. The van der Waals surface area contributed by atoms with Crippen LogP contribution in [0.1, 0.15) is 11.1 Å². The molecule has 0 aliphatic heterocycles. The zero-order valence-electron chi connectivity index (χ0n) is 11.8. The number of benzene rings is 2. The van der Waals surface area contributed by atoms with E-state index in [1.807, 2.05) is 13.8 Å². The van der Waals surface area contributed by atoms with Crippen molar-refractivity contribution >= 4 is 22.2 Å².